The van der Waals surface area contributed by atoms with Gasteiger partial charge in [-0.25, -0.2) is 0 Å². The standard InChI is InChI=1S/C21H22N2O3/c1-14-5-2-3-6-17(14)15-11-16-13-23(21(25)18-7-4-8-22-18)9-10-26-20(16)19(24)12-15/h2-7,11-12,18,22,24H,8-10,13H2,1H3. The molecule has 2 N–H and O–H groups in total. The lowest BCUT2D eigenvalue weighted by Gasteiger charge is -2.23. The summed E-state index contributed by atoms with van der Waals surface area (Å²) in [6.07, 6.45) is 3.86. The van der Waals surface area contributed by atoms with Gasteiger partial charge in [-0.15, -0.1) is 0 Å². The minimum atomic E-state index is -0.273. The molecule has 0 spiro atoms. The van der Waals surface area contributed by atoms with Gasteiger partial charge in [-0.05, 0) is 35.7 Å². The molecule has 0 aromatic heterocycles. The predicted molar refractivity (Wildman–Crippen MR) is 100 cm³/mol. The fraction of sp³-hybridized carbons (Fsp3) is 0.286. The normalized spacial score (nSPS) is 19.0. The molecule has 2 aliphatic rings. The molecule has 0 saturated carbocycles. The first-order valence-corrected chi connectivity index (χ1v) is 8.87. The van der Waals surface area contributed by atoms with Crippen LogP contribution < -0.4 is 10.1 Å². The Labute approximate surface area is 152 Å². The van der Waals surface area contributed by atoms with E-state index in [2.05, 4.69) is 5.32 Å². The fourth-order valence-corrected chi connectivity index (χ4v) is 3.57. The Kier molecular flexibility index (Phi) is 4.39. The number of aromatic hydroxyl groups is 1. The van der Waals surface area contributed by atoms with Crippen LogP contribution in [0.1, 0.15) is 11.1 Å². The SMILES string of the molecule is Cc1ccccc1-c1cc(O)c2c(c1)CN(C(=O)C1C=CCN1)CCO2. The summed E-state index contributed by atoms with van der Waals surface area (Å²) in [4.78, 5) is 14.5. The molecular formula is C21H22N2O3. The Balaban J connectivity index is 1.69. The van der Waals surface area contributed by atoms with Crippen molar-refractivity contribution in [3.05, 3.63) is 59.7 Å². The first-order chi connectivity index (χ1) is 12.6. The molecule has 2 aromatic rings. The number of ether oxygens (including phenoxy) is 1. The highest BCUT2D eigenvalue weighted by Crippen LogP contribution is 2.38. The molecule has 2 aliphatic heterocycles. The molecule has 5 heteroatoms. The van der Waals surface area contributed by atoms with Gasteiger partial charge in [0.2, 0.25) is 5.91 Å². The van der Waals surface area contributed by atoms with Gasteiger partial charge >= 0.3 is 0 Å². The number of benzene rings is 2. The largest absolute Gasteiger partial charge is 0.504 e. The minimum absolute atomic E-state index is 0.0379. The van der Waals surface area contributed by atoms with Crippen LogP contribution in [0.25, 0.3) is 11.1 Å². The molecule has 134 valence electrons. The third-order valence-corrected chi connectivity index (χ3v) is 4.93. The molecule has 2 heterocycles. The molecule has 0 bridgehead atoms. The van der Waals surface area contributed by atoms with E-state index in [1.54, 1.807) is 11.0 Å². The Bertz CT molecular complexity index is 876. The van der Waals surface area contributed by atoms with Crippen molar-refractivity contribution in [3.8, 4) is 22.6 Å². The number of aryl methyl sites for hydroxylation is 1. The highest BCUT2D eigenvalue weighted by atomic mass is 16.5. The van der Waals surface area contributed by atoms with Gasteiger partial charge in [-0.3, -0.25) is 10.1 Å². The summed E-state index contributed by atoms with van der Waals surface area (Å²) in [6.45, 7) is 4.05. The number of hydrogen-bond acceptors (Lipinski definition) is 4. The summed E-state index contributed by atoms with van der Waals surface area (Å²) < 4.78 is 5.76. The number of amides is 1. The Morgan fingerprint density at radius 2 is 2.15 bits per heavy atom. The summed E-state index contributed by atoms with van der Waals surface area (Å²) in [5.41, 5.74) is 3.95. The monoisotopic (exact) mass is 350 g/mol. The molecule has 4 rings (SSSR count). The van der Waals surface area contributed by atoms with Crippen LogP contribution in [0.15, 0.2) is 48.6 Å². The van der Waals surface area contributed by atoms with Crippen LogP contribution in [-0.2, 0) is 11.3 Å². The minimum Gasteiger partial charge on any atom is -0.504 e. The summed E-state index contributed by atoms with van der Waals surface area (Å²) in [5.74, 6) is 0.637. The molecule has 26 heavy (non-hydrogen) atoms. The maximum Gasteiger partial charge on any atom is 0.244 e. The van der Waals surface area contributed by atoms with Crippen LogP contribution in [0, 0.1) is 6.92 Å². The summed E-state index contributed by atoms with van der Waals surface area (Å²) in [7, 11) is 0. The van der Waals surface area contributed by atoms with Gasteiger partial charge in [0.25, 0.3) is 0 Å². The molecule has 1 amide bonds. The van der Waals surface area contributed by atoms with Crippen molar-refractivity contribution >= 4 is 5.91 Å². The van der Waals surface area contributed by atoms with Gasteiger partial charge < -0.3 is 14.7 Å². The van der Waals surface area contributed by atoms with E-state index < -0.39 is 0 Å². The van der Waals surface area contributed by atoms with Crippen molar-refractivity contribution in [3.63, 3.8) is 0 Å². The maximum atomic E-state index is 12.8. The van der Waals surface area contributed by atoms with Crippen molar-refractivity contribution in [1.29, 1.82) is 0 Å². The lowest BCUT2D eigenvalue weighted by Crippen LogP contribution is -2.44. The molecule has 1 atom stereocenters. The Morgan fingerprint density at radius 1 is 1.31 bits per heavy atom. The van der Waals surface area contributed by atoms with E-state index in [4.69, 9.17) is 4.74 Å². The van der Waals surface area contributed by atoms with E-state index in [9.17, 15) is 9.90 Å². The van der Waals surface area contributed by atoms with Crippen molar-refractivity contribution in [2.45, 2.75) is 19.5 Å². The van der Waals surface area contributed by atoms with Crippen molar-refractivity contribution in [1.82, 2.24) is 10.2 Å². The lowest BCUT2D eigenvalue weighted by atomic mass is 9.97. The number of nitrogens with one attached hydrogen (secondary N) is 1. The number of rotatable bonds is 2. The van der Waals surface area contributed by atoms with Crippen LogP contribution in [0.2, 0.25) is 0 Å². The fourth-order valence-electron chi connectivity index (χ4n) is 3.57. The molecule has 0 fully saturated rings. The average molecular weight is 350 g/mol. The maximum absolute atomic E-state index is 12.8. The molecule has 0 radical (unpaired) electrons. The molecule has 0 saturated heterocycles. The zero-order chi connectivity index (χ0) is 18.1. The first-order valence-electron chi connectivity index (χ1n) is 8.87. The third kappa shape index (κ3) is 3.06. The van der Waals surface area contributed by atoms with E-state index in [1.807, 2.05) is 49.4 Å². The number of carbonyl (C=O) groups is 1. The molecule has 5 nitrogen and oxygen atoms in total. The van der Waals surface area contributed by atoms with E-state index >= 15 is 0 Å². The number of phenolic OH excluding ortho intramolecular Hbond substituents is 1. The smallest absolute Gasteiger partial charge is 0.244 e. The number of phenols is 1. The van der Waals surface area contributed by atoms with Crippen LogP contribution in [0.3, 0.4) is 0 Å². The topological polar surface area (TPSA) is 61.8 Å². The Hall–Kier alpha value is -2.79. The van der Waals surface area contributed by atoms with Crippen LogP contribution >= 0.6 is 0 Å². The second-order valence-electron chi connectivity index (χ2n) is 6.72. The summed E-state index contributed by atoms with van der Waals surface area (Å²) in [5, 5.41) is 13.7. The van der Waals surface area contributed by atoms with Gasteiger partial charge in [0.15, 0.2) is 11.5 Å². The van der Waals surface area contributed by atoms with Gasteiger partial charge in [0.1, 0.15) is 12.6 Å². The van der Waals surface area contributed by atoms with E-state index in [0.29, 0.717) is 25.4 Å². The number of carbonyl (C=O) groups excluding carboxylic acids is 1. The average Bonchev–Trinajstić information content (AvgIpc) is 3.08. The highest BCUT2D eigenvalue weighted by Gasteiger charge is 2.27. The lowest BCUT2D eigenvalue weighted by molar-refractivity contribution is -0.132. The van der Waals surface area contributed by atoms with Crippen LogP contribution in [0.4, 0.5) is 0 Å². The second-order valence-corrected chi connectivity index (χ2v) is 6.72. The number of fused-ring (bicyclic) bond motifs is 1. The van der Waals surface area contributed by atoms with Crippen LogP contribution in [0.5, 0.6) is 11.5 Å². The van der Waals surface area contributed by atoms with Gasteiger partial charge in [-0.2, -0.15) is 0 Å². The van der Waals surface area contributed by atoms with Crippen molar-refractivity contribution in [2.24, 2.45) is 0 Å². The summed E-state index contributed by atoms with van der Waals surface area (Å²) >= 11 is 0. The van der Waals surface area contributed by atoms with E-state index in [-0.39, 0.29) is 17.7 Å². The number of nitrogens with zero attached hydrogens (tertiary/aromatic N) is 1. The van der Waals surface area contributed by atoms with Crippen molar-refractivity contribution in [2.75, 3.05) is 19.7 Å². The molecule has 1 unspecified atom stereocenters. The Morgan fingerprint density at radius 3 is 2.92 bits per heavy atom. The van der Waals surface area contributed by atoms with Gasteiger partial charge in [0, 0.05) is 18.7 Å². The van der Waals surface area contributed by atoms with Gasteiger partial charge in [0.05, 0.1) is 6.54 Å². The summed E-state index contributed by atoms with van der Waals surface area (Å²) in [6, 6.07) is 11.5. The van der Waals surface area contributed by atoms with Crippen molar-refractivity contribution < 1.29 is 14.6 Å². The first kappa shape index (κ1) is 16.7. The zero-order valence-electron chi connectivity index (χ0n) is 14.7. The number of hydrogen-bond donors (Lipinski definition) is 2. The predicted octanol–water partition coefficient (Wildman–Crippen LogP) is 2.62. The molecule has 2 aromatic carbocycles. The van der Waals surface area contributed by atoms with E-state index in [1.165, 1.54) is 0 Å². The third-order valence-electron chi connectivity index (χ3n) is 4.93. The van der Waals surface area contributed by atoms with E-state index in [0.717, 1.165) is 28.8 Å². The van der Waals surface area contributed by atoms with Gasteiger partial charge in [-0.1, -0.05) is 36.4 Å². The highest BCUT2D eigenvalue weighted by molar-refractivity contribution is 5.84. The zero-order valence-corrected chi connectivity index (χ0v) is 14.7. The molecular weight excluding hydrogens is 328 g/mol. The second kappa shape index (κ2) is 6.84. The molecule has 0 aliphatic carbocycles. The quantitative estimate of drug-likeness (QED) is 0.818. The van der Waals surface area contributed by atoms with Crippen LogP contribution in [-0.4, -0.2) is 41.7 Å².